The molecule has 0 aromatic heterocycles. The number of rotatable bonds is 4. The number of fused-ring (bicyclic) bond motifs is 1. The molecule has 0 spiro atoms. The van der Waals surface area contributed by atoms with Crippen molar-refractivity contribution in [2.45, 2.75) is 38.8 Å². The Hall–Kier alpha value is -0.860. The molecule has 0 bridgehead atoms. The molecule has 2 rings (SSSR count). The quantitative estimate of drug-likeness (QED) is 0.863. The molecule has 3 atom stereocenters. The van der Waals surface area contributed by atoms with Gasteiger partial charge in [-0.3, -0.25) is 0 Å². The van der Waals surface area contributed by atoms with Crippen LogP contribution in [0.4, 0.5) is 0 Å². The molecule has 0 amide bonds. The van der Waals surface area contributed by atoms with Crippen molar-refractivity contribution in [1.82, 2.24) is 5.32 Å². The van der Waals surface area contributed by atoms with Gasteiger partial charge >= 0.3 is 0 Å². The van der Waals surface area contributed by atoms with Crippen molar-refractivity contribution >= 4 is 0 Å². The molecule has 1 aromatic rings. The minimum atomic E-state index is 0.208. The smallest absolute Gasteiger partial charge is 0.0983 e. The van der Waals surface area contributed by atoms with E-state index in [1.807, 2.05) is 7.05 Å². The van der Waals surface area contributed by atoms with Gasteiger partial charge in [-0.25, -0.2) is 0 Å². The first-order chi connectivity index (χ1) is 8.27. The molecule has 1 aliphatic heterocycles. The van der Waals surface area contributed by atoms with E-state index in [4.69, 9.17) is 4.74 Å². The van der Waals surface area contributed by atoms with Gasteiger partial charge in [-0.2, -0.15) is 0 Å². The van der Waals surface area contributed by atoms with Gasteiger partial charge in [-0.15, -0.1) is 0 Å². The summed E-state index contributed by atoms with van der Waals surface area (Å²) in [6.07, 6.45) is 2.43. The lowest BCUT2D eigenvalue weighted by Crippen LogP contribution is -2.40. The summed E-state index contributed by atoms with van der Waals surface area (Å²) in [5.41, 5.74) is 2.82. The predicted octanol–water partition coefficient (Wildman–Crippen LogP) is 2.93. The van der Waals surface area contributed by atoms with Crippen LogP contribution >= 0.6 is 0 Å². The Kier molecular flexibility index (Phi) is 4.19. The average Bonchev–Trinajstić information content (AvgIpc) is 2.39. The Labute approximate surface area is 104 Å². The van der Waals surface area contributed by atoms with E-state index in [9.17, 15) is 0 Å². The lowest BCUT2D eigenvalue weighted by atomic mass is 9.86. The average molecular weight is 233 g/mol. The molecule has 0 aliphatic carbocycles. The first kappa shape index (κ1) is 12.6. The van der Waals surface area contributed by atoms with Crippen molar-refractivity contribution in [3.63, 3.8) is 0 Å². The van der Waals surface area contributed by atoms with Crippen LogP contribution in [0.15, 0.2) is 24.3 Å². The van der Waals surface area contributed by atoms with Gasteiger partial charge in [0, 0.05) is 6.04 Å². The number of hydrogen-bond donors (Lipinski definition) is 1. The summed E-state index contributed by atoms with van der Waals surface area (Å²) >= 11 is 0. The van der Waals surface area contributed by atoms with Crippen molar-refractivity contribution < 1.29 is 4.74 Å². The number of ether oxygens (including phenoxy) is 1. The second-order valence-corrected chi connectivity index (χ2v) is 4.94. The van der Waals surface area contributed by atoms with Crippen molar-refractivity contribution in [2.24, 2.45) is 5.92 Å². The lowest BCUT2D eigenvalue weighted by molar-refractivity contribution is 0.00332. The molecule has 3 unspecified atom stereocenters. The molecule has 0 radical (unpaired) electrons. The van der Waals surface area contributed by atoms with Crippen LogP contribution in [0.25, 0.3) is 0 Å². The zero-order valence-electron chi connectivity index (χ0n) is 11.1. The number of nitrogens with one attached hydrogen (secondary N) is 1. The molecule has 0 saturated carbocycles. The van der Waals surface area contributed by atoms with Crippen LogP contribution in [0.1, 0.15) is 37.5 Å². The van der Waals surface area contributed by atoms with Gasteiger partial charge in [0.25, 0.3) is 0 Å². The fourth-order valence-electron chi connectivity index (χ4n) is 2.71. The van der Waals surface area contributed by atoms with Gasteiger partial charge in [0.2, 0.25) is 0 Å². The zero-order valence-corrected chi connectivity index (χ0v) is 11.1. The van der Waals surface area contributed by atoms with Crippen molar-refractivity contribution in [3.8, 4) is 0 Å². The Morgan fingerprint density at radius 3 is 2.88 bits per heavy atom. The summed E-state index contributed by atoms with van der Waals surface area (Å²) < 4.78 is 6.02. The number of hydrogen-bond acceptors (Lipinski definition) is 2. The molecule has 1 aromatic carbocycles. The summed E-state index contributed by atoms with van der Waals surface area (Å²) in [6, 6.07) is 9.09. The summed E-state index contributed by atoms with van der Waals surface area (Å²) in [5, 5.41) is 3.44. The van der Waals surface area contributed by atoms with E-state index in [-0.39, 0.29) is 6.10 Å². The van der Waals surface area contributed by atoms with Crippen LogP contribution in [0.5, 0.6) is 0 Å². The van der Waals surface area contributed by atoms with E-state index in [1.165, 1.54) is 17.5 Å². The molecule has 1 heterocycles. The summed E-state index contributed by atoms with van der Waals surface area (Å²) in [7, 11) is 2.04. The molecule has 0 saturated heterocycles. The van der Waals surface area contributed by atoms with E-state index < -0.39 is 0 Å². The molecular weight excluding hydrogens is 210 g/mol. The van der Waals surface area contributed by atoms with Crippen LogP contribution in [-0.2, 0) is 11.2 Å². The highest BCUT2D eigenvalue weighted by molar-refractivity contribution is 5.32. The molecular formula is C15H23NO. The minimum absolute atomic E-state index is 0.208. The van der Waals surface area contributed by atoms with Crippen LogP contribution in [0.2, 0.25) is 0 Å². The van der Waals surface area contributed by atoms with Gasteiger partial charge in [-0.1, -0.05) is 44.5 Å². The number of benzene rings is 1. The largest absolute Gasteiger partial charge is 0.372 e. The highest BCUT2D eigenvalue weighted by Gasteiger charge is 2.30. The molecule has 1 N–H and O–H groups in total. The number of likely N-dealkylation sites (N-methyl/N-ethyl adjacent to an activating group) is 1. The first-order valence-electron chi connectivity index (χ1n) is 6.64. The molecule has 94 valence electrons. The van der Waals surface area contributed by atoms with Gasteiger partial charge in [-0.05, 0) is 30.5 Å². The van der Waals surface area contributed by atoms with Gasteiger partial charge in [0.15, 0.2) is 0 Å². The second-order valence-electron chi connectivity index (χ2n) is 4.94. The van der Waals surface area contributed by atoms with Crippen molar-refractivity contribution in [3.05, 3.63) is 35.4 Å². The maximum atomic E-state index is 6.02. The first-order valence-corrected chi connectivity index (χ1v) is 6.64. The van der Waals surface area contributed by atoms with E-state index >= 15 is 0 Å². The van der Waals surface area contributed by atoms with E-state index in [1.54, 1.807) is 0 Å². The fourth-order valence-corrected chi connectivity index (χ4v) is 2.71. The third kappa shape index (κ3) is 2.53. The minimum Gasteiger partial charge on any atom is -0.372 e. The lowest BCUT2D eigenvalue weighted by Gasteiger charge is -2.35. The predicted molar refractivity (Wildman–Crippen MR) is 71.1 cm³/mol. The second kappa shape index (κ2) is 5.65. The van der Waals surface area contributed by atoms with Crippen LogP contribution < -0.4 is 5.32 Å². The van der Waals surface area contributed by atoms with E-state index in [0.717, 1.165) is 13.0 Å². The monoisotopic (exact) mass is 233 g/mol. The maximum Gasteiger partial charge on any atom is 0.0983 e. The Balaban J connectivity index is 2.27. The third-order valence-corrected chi connectivity index (χ3v) is 3.95. The summed E-state index contributed by atoms with van der Waals surface area (Å²) in [6.45, 7) is 5.38. The topological polar surface area (TPSA) is 21.3 Å². The van der Waals surface area contributed by atoms with Crippen molar-refractivity contribution in [2.75, 3.05) is 13.7 Å². The third-order valence-electron chi connectivity index (χ3n) is 3.95. The highest BCUT2D eigenvalue weighted by Crippen LogP contribution is 2.32. The Morgan fingerprint density at radius 2 is 2.18 bits per heavy atom. The van der Waals surface area contributed by atoms with Crippen LogP contribution in [-0.4, -0.2) is 19.7 Å². The van der Waals surface area contributed by atoms with Crippen molar-refractivity contribution in [1.29, 1.82) is 0 Å². The Bertz CT molecular complexity index is 364. The van der Waals surface area contributed by atoms with Gasteiger partial charge in [0.1, 0.15) is 0 Å². The fraction of sp³-hybridized carbons (Fsp3) is 0.600. The van der Waals surface area contributed by atoms with Gasteiger partial charge < -0.3 is 10.1 Å². The summed E-state index contributed by atoms with van der Waals surface area (Å²) in [4.78, 5) is 0. The van der Waals surface area contributed by atoms with Crippen LogP contribution in [0.3, 0.4) is 0 Å². The Morgan fingerprint density at radius 1 is 1.41 bits per heavy atom. The van der Waals surface area contributed by atoms with E-state index in [2.05, 4.69) is 43.4 Å². The highest BCUT2D eigenvalue weighted by atomic mass is 16.5. The standard InChI is InChI=1S/C15H23NO/c1-4-11(2)14(16-3)15-13-8-6-5-7-12(13)9-10-17-15/h5-8,11,14-16H,4,9-10H2,1-3H3. The normalized spacial score (nSPS) is 22.9. The molecule has 1 aliphatic rings. The zero-order chi connectivity index (χ0) is 12.3. The molecule has 0 fully saturated rings. The molecule has 2 nitrogen and oxygen atoms in total. The maximum absolute atomic E-state index is 6.02. The SMILES string of the molecule is CCC(C)C(NC)C1OCCc2ccccc21. The van der Waals surface area contributed by atoms with Gasteiger partial charge in [0.05, 0.1) is 12.7 Å². The van der Waals surface area contributed by atoms with E-state index in [0.29, 0.717) is 12.0 Å². The summed E-state index contributed by atoms with van der Waals surface area (Å²) in [5.74, 6) is 0.621. The molecule has 2 heteroatoms. The molecule has 17 heavy (non-hydrogen) atoms. The van der Waals surface area contributed by atoms with Crippen LogP contribution in [0, 0.1) is 5.92 Å².